The molecule has 1 aliphatic carbocycles. The van der Waals surface area contributed by atoms with Gasteiger partial charge in [-0.1, -0.05) is 12.1 Å². The van der Waals surface area contributed by atoms with Crippen molar-refractivity contribution in [2.24, 2.45) is 0 Å². The predicted molar refractivity (Wildman–Crippen MR) is 99.0 cm³/mol. The van der Waals surface area contributed by atoms with Crippen LogP contribution in [-0.4, -0.2) is 22.1 Å². The second-order valence-corrected chi connectivity index (χ2v) is 6.78. The fraction of sp³-hybridized carbons (Fsp3) is 0.350. The summed E-state index contributed by atoms with van der Waals surface area (Å²) in [5, 5.41) is 4.29. The number of ether oxygens (including phenoxy) is 1. The molecule has 1 aromatic carbocycles. The highest BCUT2D eigenvalue weighted by atomic mass is 19.1. The molecule has 1 atom stereocenters. The summed E-state index contributed by atoms with van der Waals surface area (Å²) < 4.78 is 19.3. The first-order valence-corrected chi connectivity index (χ1v) is 8.79. The van der Waals surface area contributed by atoms with Gasteiger partial charge in [-0.05, 0) is 49.8 Å². The molecule has 1 N–H and O–H groups in total. The molecule has 5 nitrogen and oxygen atoms in total. The first-order chi connectivity index (χ1) is 12.5. The second-order valence-electron chi connectivity index (χ2n) is 6.78. The van der Waals surface area contributed by atoms with Crippen LogP contribution in [0.15, 0.2) is 30.5 Å². The van der Waals surface area contributed by atoms with E-state index in [1.54, 1.807) is 19.4 Å². The molecule has 0 saturated heterocycles. The van der Waals surface area contributed by atoms with Crippen LogP contribution < -0.4 is 10.1 Å². The van der Waals surface area contributed by atoms with Gasteiger partial charge in [0.1, 0.15) is 17.5 Å². The van der Waals surface area contributed by atoms with Crippen LogP contribution in [0.4, 0.5) is 10.2 Å². The van der Waals surface area contributed by atoms with Crippen molar-refractivity contribution < 1.29 is 9.13 Å². The highest BCUT2D eigenvalue weighted by molar-refractivity contribution is 5.89. The highest BCUT2D eigenvalue weighted by Crippen LogP contribution is 2.42. The lowest BCUT2D eigenvalue weighted by atomic mass is 10.0. The molecule has 2 heterocycles. The molecule has 0 bridgehead atoms. The lowest BCUT2D eigenvalue weighted by molar-refractivity contribution is 0.398. The van der Waals surface area contributed by atoms with Gasteiger partial charge in [0, 0.05) is 17.5 Å². The summed E-state index contributed by atoms with van der Waals surface area (Å²) in [5.74, 6) is 2.16. The van der Waals surface area contributed by atoms with Gasteiger partial charge in [0.15, 0.2) is 0 Å². The summed E-state index contributed by atoms with van der Waals surface area (Å²) in [4.78, 5) is 13.2. The Morgan fingerprint density at radius 1 is 1.23 bits per heavy atom. The number of nitrogens with one attached hydrogen (secondary N) is 1. The number of hydrogen-bond acceptors (Lipinski definition) is 5. The zero-order valence-electron chi connectivity index (χ0n) is 15.1. The first kappa shape index (κ1) is 16.7. The minimum absolute atomic E-state index is 0.0234. The van der Waals surface area contributed by atoms with E-state index in [0.29, 0.717) is 17.6 Å². The summed E-state index contributed by atoms with van der Waals surface area (Å²) in [6.45, 7) is 3.90. The van der Waals surface area contributed by atoms with Crippen LogP contribution in [-0.2, 0) is 0 Å². The Labute approximate surface area is 151 Å². The molecule has 0 amide bonds. The van der Waals surface area contributed by atoms with Crippen LogP contribution >= 0.6 is 0 Å². The second kappa shape index (κ2) is 6.52. The quantitative estimate of drug-likeness (QED) is 0.731. The maximum atomic E-state index is 14.0. The van der Waals surface area contributed by atoms with Crippen molar-refractivity contribution in [2.75, 3.05) is 12.4 Å². The van der Waals surface area contributed by atoms with Crippen LogP contribution in [0.25, 0.3) is 10.9 Å². The molecular weight excluding hydrogens is 331 g/mol. The van der Waals surface area contributed by atoms with Crippen LogP contribution in [0.5, 0.6) is 5.88 Å². The number of aryl methyl sites for hydroxylation is 1. The molecule has 1 unspecified atom stereocenters. The average molecular weight is 352 g/mol. The monoisotopic (exact) mass is 352 g/mol. The van der Waals surface area contributed by atoms with Crippen molar-refractivity contribution >= 4 is 16.7 Å². The number of pyridine rings is 1. The number of nitrogens with zero attached hydrogens (tertiary/aromatic N) is 3. The van der Waals surface area contributed by atoms with Crippen molar-refractivity contribution in [1.29, 1.82) is 0 Å². The molecule has 1 fully saturated rings. The van der Waals surface area contributed by atoms with Gasteiger partial charge in [0.05, 0.1) is 18.8 Å². The minimum atomic E-state index is -0.109. The minimum Gasteiger partial charge on any atom is -0.481 e. The van der Waals surface area contributed by atoms with Crippen molar-refractivity contribution in [3.05, 3.63) is 53.2 Å². The number of aromatic nitrogens is 3. The summed E-state index contributed by atoms with van der Waals surface area (Å²) in [7, 11) is 1.58. The lowest BCUT2D eigenvalue weighted by Crippen LogP contribution is -2.10. The Morgan fingerprint density at radius 2 is 2.04 bits per heavy atom. The summed E-state index contributed by atoms with van der Waals surface area (Å²) >= 11 is 0. The molecule has 0 aliphatic heterocycles. The molecule has 134 valence electrons. The third kappa shape index (κ3) is 3.19. The number of hydrogen-bond donors (Lipinski definition) is 1. The van der Waals surface area contributed by atoms with E-state index in [1.165, 1.54) is 0 Å². The normalized spacial score (nSPS) is 15.1. The van der Waals surface area contributed by atoms with Crippen molar-refractivity contribution in [1.82, 2.24) is 15.0 Å². The number of anilines is 1. The Bertz CT molecular complexity index is 971. The van der Waals surface area contributed by atoms with Crippen LogP contribution in [0.1, 0.15) is 48.7 Å². The number of benzene rings is 1. The molecule has 26 heavy (non-hydrogen) atoms. The largest absolute Gasteiger partial charge is 0.481 e. The van der Waals surface area contributed by atoms with E-state index >= 15 is 0 Å². The molecule has 0 radical (unpaired) electrons. The van der Waals surface area contributed by atoms with Crippen molar-refractivity contribution in [3.8, 4) is 5.88 Å². The molecule has 1 aliphatic rings. The van der Waals surface area contributed by atoms with E-state index in [0.717, 1.165) is 40.7 Å². The topological polar surface area (TPSA) is 59.9 Å². The lowest BCUT2D eigenvalue weighted by Gasteiger charge is -2.18. The Kier molecular flexibility index (Phi) is 4.18. The molecule has 0 spiro atoms. The molecule has 6 heteroatoms. The van der Waals surface area contributed by atoms with Gasteiger partial charge in [0.25, 0.3) is 0 Å². The molecule has 4 rings (SSSR count). The van der Waals surface area contributed by atoms with E-state index in [4.69, 9.17) is 4.74 Å². The fourth-order valence-electron chi connectivity index (χ4n) is 3.18. The number of fused-ring (bicyclic) bond motifs is 1. The predicted octanol–water partition coefficient (Wildman–Crippen LogP) is 4.53. The number of methoxy groups -OCH3 is 1. The zero-order chi connectivity index (χ0) is 18.3. The smallest absolute Gasteiger partial charge is 0.213 e. The van der Waals surface area contributed by atoms with Crippen molar-refractivity contribution in [2.45, 2.75) is 38.6 Å². The third-order valence-electron chi connectivity index (χ3n) is 4.77. The van der Waals surface area contributed by atoms with Gasteiger partial charge in [-0.15, -0.1) is 0 Å². The summed E-state index contributed by atoms with van der Waals surface area (Å²) in [5.41, 5.74) is 2.62. The first-order valence-electron chi connectivity index (χ1n) is 8.79. The van der Waals surface area contributed by atoms with E-state index in [2.05, 4.69) is 20.3 Å². The number of halogens is 1. The summed E-state index contributed by atoms with van der Waals surface area (Å²) in [6, 6.07) is 7.17. The SMILES string of the molecule is COc1cc2c(NC(C)c3ccc(F)c(C4CC4)c3)nc(C)nc2cn1. The van der Waals surface area contributed by atoms with Crippen LogP contribution in [0.3, 0.4) is 0 Å². The summed E-state index contributed by atoms with van der Waals surface area (Å²) in [6.07, 6.45) is 3.83. The zero-order valence-corrected chi connectivity index (χ0v) is 15.1. The van der Waals surface area contributed by atoms with E-state index in [-0.39, 0.29) is 11.9 Å². The average Bonchev–Trinajstić information content (AvgIpc) is 3.46. The number of rotatable bonds is 5. The highest BCUT2D eigenvalue weighted by Gasteiger charge is 2.27. The van der Waals surface area contributed by atoms with Crippen molar-refractivity contribution in [3.63, 3.8) is 0 Å². The van der Waals surface area contributed by atoms with E-state index in [9.17, 15) is 4.39 Å². The van der Waals surface area contributed by atoms with Gasteiger partial charge in [-0.3, -0.25) is 0 Å². The van der Waals surface area contributed by atoms with Crippen LogP contribution in [0.2, 0.25) is 0 Å². The Hall–Kier alpha value is -2.76. The Balaban J connectivity index is 1.69. The van der Waals surface area contributed by atoms with E-state index < -0.39 is 0 Å². The molecule has 2 aromatic heterocycles. The van der Waals surface area contributed by atoms with Gasteiger partial charge in [-0.25, -0.2) is 19.3 Å². The van der Waals surface area contributed by atoms with Gasteiger partial charge < -0.3 is 10.1 Å². The maximum absolute atomic E-state index is 14.0. The fourth-order valence-corrected chi connectivity index (χ4v) is 3.18. The maximum Gasteiger partial charge on any atom is 0.213 e. The van der Waals surface area contributed by atoms with Gasteiger partial charge >= 0.3 is 0 Å². The van der Waals surface area contributed by atoms with Gasteiger partial charge in [0.2, 0.25) is 5.88 Å². The standard InChI is InChI=1S/C20H21FN4O/c1-11(14-6-7-17(21)15(8-14)13-4-5-13)23-20-16-9-19(26-3)22-10-18(16)24-12(2)25-20/h6-11,13H,4-5H2,1-3H3,(H,23,24,25). The van der Waals surface area contributed by atoms with Gasteiger partial charge in [-0.2, -0.15) is 0 Å². The van der Waals surface area contributed by atoms with E-state index in [1.807, 2.05) is 32.0 Å². The molecule has 3 aromatic rings. The Morgan fingerprint density at radius 3 is 2.77 bits per heavy atom. The molecule has 1 saturated carbocycles. The van der Waals surface area contributed by atoms with Crippen LogP contribution in [0, 0.1) is 12.7 Å². The molecular formula is C20H21FN4O. The third-order valence-corrected chi connectivity index (χ3v) is 4.77.